The van der Waals surface area contributed by atoms with Crippen LogP contribution in [-0.2, 0) is 4.74 Å². The van der Waals surface area contributed by atoms with Gasteiger partial charge in [-0.1, -0.05) is 18.5 Å². The lowest BCUT2D eigenvalue weighted by atomic mass is 9.89. The number of hydrogen-bond acceptors (Lipinski definition) is 5. The average Bonchev–Trinajstić information content (AvgIpc) is 3.11. The molecule has 0 bridgehead atoms. The van der Waals surface area contributed by atoms with Crippen LogP contribution in [0.15, 0.2) is 17.5 Å². The summed E-state index contributed by atoms with van der Waals surface area (Å²) in [5.41, 5.74) is 3.26. The molecule has 0 saturated carbocycles. The highest BCUT2D eigenvalue weighted by molar-refractivity contribution is 7.13. The lowest BCUT2D eigenvalue weighted by molar-refractivity contribution is 0.0715. The van der Waals surface area contributed by atoms with E-state index in [1.807, 2.05) is 36.3 Å². The van der Waals surface area contributed by atoms with Gasteiger partial charge in [-0.15, -0.1) is 11.3 Å². The predicted octanol–water partition coefficient (Wildman–Crippen LogP) is 4.59. The van der Waals surface area contributed by atoms with E-state index in [1.165, 1.54) is 11.3 Å². The number of pyridine rings is 1. The number of aromatic nitrogens is 1. The second-order valence-electron chi connectivity index (χ2n) is 7.88. The Morgan fingerprint density at radius 3 is 2.65 bits per heavy atom. The summed E-state index contributed by atoms with van der Waals surface area (Å²) in [5.74, 6) is 0.00679. The van der Waals surface area contributed by atoms with Crippen LogP contribution in [0.1, 0.15) is 69.1 Å². The zero-order valence-electron chi connectivity index (χ0n) is 18.4. The first kappa shape index (κ1) is 23.7. The molecule has 1 saturated heterocycles. The molecule has 0 atom stereocenters. The van der Waals surface area contributed by atoms with E-state index in [0.29, 0.717) is 48.3 Å². The van der Waals surface area contributed by atoms with Gasteiger partial charge < -0.3 is 15.0 Å². The number of nitrogens with one attached hydrogen (secondary N) is 1. The van der Waals surface area contributed by atoms with E-state index in [-0.39, 0.29) is 17.7 Å². The zero-order chi connectivity index (χ0) is 22.4. The second kappa shape index (κ2) is 11.1. The third kappa shape index (κ3) is 5.84. The first-order valence-corrected chi connectivity index (χ1v) is 12.0. The van der Waals surface area contributed by atoms with E-state index in [1.54, 1.807) is 0 Å². The molecule has 0 aromatic carbocycles. The van der Waals surface area contributed by atoms with E-state index in [4.69, 9.17) is 21.3 Å². The summed E-state index contributed by atoms with van der Waals surface area (Å²) in [5, 5.41) is 5.40. The smallest absolute Gasteiger partial charge is 0.265 e. The highest BCUT2D eigenvalue weighted by Gasteiger charge is 2.29. The molecule has 1 aliphatic rings. The highest BCUT2D eigenvalue weighted by Crippen LogP contribution is 2.33. The van der Waals surface area contributed by atoms with E-state index < -0.39 is 0 Å². The lowest BCUT2D eigenvalue weighted by Gasteiger charge is -2.32. The maximum absolute atomic E-state index is 12.9. The van der Waals surface area contributed by atoms with Crippen LogP contribution >= 0.6 is 22.9 Å². The fourth-order valence-electron chi connectivity index (χ4n) is 3.73. The fraction of sp³-hybridized carbons (Fsp3) is 0.522. The lowest BCUT2D eigenvalue weighted by Crippen LogP contribution is -2.38. The molecular formula is C23H30ClN3O3S. The van der Waals surface area contributed by atoms with Gasteiger partial charge in [-0.2, -0.15) is 0 Å². The molecule has 0 aliphatic carbocycles. The summed E-state index contributed by atoms with van der Waals surface area (Å²) < 4.78 is 5.44. The maximum atomic E-state index is 12.9. The molecule has 6 nitrogen and oxygen atoms in total. The minimum atomic E-state index is -0.123. The monoisotopic (exact) mass is 463 g/mol. The molecule has 1 fully saturated rings. The van der Waals surface area contributed by atoms with Crippen molar-refractivity contribution in [3.8, 4) is 0 Å². The molecule has 0 radical (unpaired) electrons. The van der Waals surface area contributed by atoms with Gasteiger partial charge in [0.05, 0.1) is 22.9 Å². The van der Waals surface area contributed by atoms with Crippen LogP contribution in [0.4, 0.5) is 0 Å². The van der Waals surface area contributed by atoms with Crippen LogP contribution in [0.25, 0.3) is 0 Å². The Labute approximate surface area is 193 Å². The largest absolute Gasteiger partial charge is 0.380 e. The summed E-state index contributed by atoms with van der Waals surface area (Å²) >= 11 is 7.69. The van der Waals surface area contributed by atoms with Crippen molar-refractivity contribution in [1.82, 2.24) is 15.2 Å². The number of likely N-dealkylation sites (tertiary alicyclic amines) is 1. The molecule has 168 valence electrons. The van der Waals surface area contributed by atoms with Crippen LogP contribution in [0.5, 0.6) is 0 Å². The quantitative estimate of drug-likeness (QED) is 0.581. The molecule has 2 aromatic heterocycles. The van der Waals surface area contributed by atoms with Gasteiger partial charge >= 0.3 is 0 Å². The number of halogens is 1. The molecule has 2 aromatic rings. The van der Waals surface area contributed by atoms with E-state index in [0.717, 1.165) is 36.2 Å². The zero-order valence-corrected chi connectivity index (χ0v) is 19.9. The van der Waals surface area contributed by atoms with Gasteiger partial charge in [0.1, 0.15) is 4.88 Å². The van der Waals surface area contributed by atoms with Crippen molar-refractivity contribution in [2.24, 2.45) is 0 Å². The van der Waals surface area contributed by atoms with Crippen LogP contribution in [0.2, 0.25) is 5.02 Å². The van der Waals surface area contributed by atoms with Gasteiger partial charge in [0.15, 0.2) is 0 Å². The topological polar surface area (TPSA) is 71.5 Å². The molecule has 8 heteroatoms. The first-order valence-electron chi connectivity index (χ1n) is 10.8. The van der Waals surface area contributed by atoms with E-state index in [2.05, 4.69) is 12.2 Å². The van der Waals surface area contributed by atoms with Gasteiger partial charge in [0.2, 0.25) is 0 Å². The third-order valence-electron chi connectivity index (χ3n) is 5.45. The van der Waals surface area contributed by atoms with Crippen molar-refractivity contribution >= 4 is 34.8 Å². The Morgan fingerprint density at radius 1 is 1.26 bits per heavy atom. The number of nitrogens with zero attached hydrogens (tertiary/aromatic N) is 2. The van der Waals surface area contributed by atoms with Gasteiger partial charge in [-0.25, -0.2) is 0 Å². The second-order valence-corrected chi connectivity index (χ2v) is 9.14. The SMILES string of the molecule is CCCOCCNC(=O)c1ccc(C)nc1C1CCN(C(=O)c2scc(C)c2Cl)CC1. The van der Waals surface area contributed by atoms with Crippen LogP contribution in [0, 0.1) is 13.8 Å². The van der Waals surface area contributed by atoms with Crippen molar-refractivity contribution in [3.05, 3.63) is 49.9 Å². The van der Waals surface area contributed by atoms with Gasteiger partial charge in [0.25, 0.3) is 11.8 Å². The molecule has 3 rings (SSSR count). The normalized spacial score (nSPS) is 14.6. The minimum absolute atomic E-state index is 0.0104. The molecule has 0 spiro atoms. The summed E-state index contributed by atoms with van der Waals surface area (Å²) in [6.07, 6.45) is 2.49. The molecule has 0 unspecified atom stereocenters. The minimum Gasteiger partial charge on any atom is -0.380 e. The third-order valence-corrected chi connectivity index (χ3v) is 7.14. The first-order chi connectivity index (χ1) is 14.9. The predicted molar refractivity (Wildman–Crippen MR) is 124 cm³/mol. The molecule has 1 N–H and O–H groups in total. The van der Waals surface area contributed by atoms with Crippen molar-refractivity contribution in [2.45, 2.75) is 46.0 Å². The number of thiophene rings is 1. The molecule has 1 aliphatic heterocycles. The molecular weight excluding hydrogens is 434 g/mol. The van der Waals surface area contributed by atoms with Crippen molar-refractivity contribution in [2.75, 3.05) is 32.8 Å². The van der Waals surface area contributed by atoms with Crippen molar-refractivity contribution in [3.63, 3.8) is 0 Å². The summed E-state index contributed by atoms with van der Waals surface area (Å²) in [6.45, 7) is 8.81. The number of aryl methyl sites for hydroxylation is 2. The van der Waals surface area contributed by atoms with Crippen molar-refractivity contribution < 1.29 is 14.3 Å². The number of piperidine rings is 1. The van der Waals surface area contributed by atoms with E-state index in [9.17, 15) is 9.59 Å². The average molecular weight is 464 g/mol. The molecule has 3 heterocycles. The Kier molecular flexibility index (Phi) is 8.46. The van der Waals surface area contributed by atoms with Crippen LogP contribution < -0.4 is 5.32 Å². The Hall–Kier alpha value is -1.96. The van der Waals surface area contributed by atoms with Crippen molar-refractivity contribution in [1.29, 1.82) is 0 Å². The molecule has 31 heavy (non-hydrogen) atoms. The standard InChI is InChI=1S/C23H30ClN3O3S/c1-4-12-30-13-9-25-22(28)18-6-5-16(3)26-20(18)17-7-10-27(11-8-17)23(29)21-19(24)15(2)14-31-21/h5-6,14,17H,4,7-13H2,1-3H3,(H,25,28). The Balaban J connectivity index is 1.64. The number of amides is 2. The summed E-state index contributed by atoms with van der Waals surface area (Å²) in [7, 11) is 0. The van der Waals surface area contributed by atoms with E-state index >= 15 is 0 Å². The van der Waals surface area contributed by atoms with Gasteiger partial charge in [0, 0.05) is 37.9 Å². The number of rotatable bonds is 8. The number of hydrogen-bond donors (Lipinski definition) is 1. The maximum Gasteiger partial charge on any atom is 0.265 e. The number of carbonyl (C=O) groups is 2. The van der Waals surface area contributed by atoms with Crippen LogP contribution in [-0.4, -0.2) is 54.5 Å². The Bertz CT molecular complexity index is 923. The van der Waals surface area contributed by atoms with Gasteiger partial charge in [-0.3, -0.25) is 14.6 Å². The fourth-order valence-corrected chi connectivity index (χ4v) is 4.97. The van der Waals surface area contributed by atoms with Gasteiger partial charge in [-0.05, 0) is 56.2 Å². The Morgan fingerprint density at radius 2 is 2.00 bits per heavy atom. The van der Waals surface area contributed by atoms with Crippen LogP contribution in [0.3, 0.4) is 0 Å². The summed E-state index contributed by atoms with van der Waals surface area (Å²) in [4.78, 5) is 32.8. The molecule has 2 amide bonds. The number of ether oxygens (including phenoxy) is 1. The highest BCUT2D eigenvalue weighted by atomic mass is 35.5. The summed E-state index contributed by atoms with van der Waals surface area (Å²) in [6, 6.07) is 3.72. The number of carbonyl (C=O) groups excluding carboxylic acids is 2.